The van der Waals surface area contributed by atoms with Crippen molar-refractivity contribution in [2.75, 3.05) is 39.4 Å². The van der Waals surface area contributed by atoms with Crippen molar-refractivity contribution in [2.45, 2.75) is 13.5 Å². The molecule has 1 aliphatic heterocycles. The number of benzene rings is 1. The molecule has 1 saturated heterocycles. The third-order valence-corrected chi connectivity index (χ3v) is 4.16. The van der Waals surface area contributed by atoms with Crippen LogP contribution in [-0.4, -0.2) is 59.8 Å². The van der Waals surface area contributed by atoms with Gasteiger partial charge in [0.1, 0.15) is 6.54 Å². The predicted octanol–water partition coefficient (Wildman–Crippen LogP) is 1.12. The Hall–Kier alpha value is -1.92. The van der Waals surface area contributed by atoms with Gasteiger partial charge in [-0.15, -0.1) is 0 Å². The molecule has 0 radical (unpaired) electrons. The highest BCUT2D eigenvalue weighted by Gasteiger charge is 2.14. The average molecular weight is 316 g/mol. The van der Waals surface area contributed by atoms with E-state index in [0.29, 0.717) is 19.0 Å². The number of hydrogen-bond acceptors (Lipinski definition) is 4. The molecule has 23 heavy (non-hydrogen) atoms. The summed E-state index contributed by atoms with van der Waals surface area (Å²) in [6.07, 6.45) is 1.72. The van der Waals surface area contributed by atoms with Crippen LogP contribution in [0.5, 0.6) is 0 Å². The highest BCUT2D eigenvalue weighted by Crippen LogP contribution is 2.11. The summed E-state index contributed by atoms with van der Waals surface area (Å²) in [5.41, 5.74) is 1.91. The summed E-state index contributed by atoms with van der Waals surface area (Å²) in [6.45, 7) is 7.77. The molecule has 0 spiro atoms. The van der Waals surface area contributed by atoms with E-state index in [1.165, 1.54) is 0 Å². The molecule has 1 N–H and O–H groups in total. The van der Waals surface area contributed by atoms with Crippen molar-refractivity contribution in [1.82, 2.24) is 19.8 Å². The minimum Gasteiger partial charge on any atom is -0.379 e. The smallest absolute Gasteiger partial charge is 0.240 e. The zero-order chi connectivity index (χ0) is 16.1. The molecule has 6 nitrogen and oxygen atoms in total. The molecule has 1 aliphatic rings. The third kappa shape index (κ3) is 4.30. The number of hydrogen-bond donors (Lipinski definition) is 1. The summed E-state index contributed by atoms with van der Waals surface area (Å²) in [4.78, 5) is 18.9. The van der Waals surface area contributed by atoms with Gasteiger partial charge in [0.2, 0.25) is 5.91 Å². The number of fused-ring (bicyclic) bond motifs is 1. The molecule has 2 heterocycles. The second kappa shape index (κ2) is 7.57. The van der Waals surface area contributed by atoms with E-state index in [2.05, 4.69) is 22.1 Å². The second-order valence-electron chi connectivity index (χ2n) is 6.18. The molecule has 6 heteroatoms. The third-order valence-electron chi connectivity index (χ3n) is 4.16. The van der Waals surface area contributed by atoms with E-state index < -0.39 is 0 Å². The van der Waals surface area contributed by atoms with Crippen LogP contribution in [0.15, 0.2) is 30.6 Å². The van der Waals surface area contributed by atoms with Crippen molar-refractivity contribution in [3.63, 3.8) is 0 Å². The van der Waals surface area contributed by atoms with Gasteiger partial charge >= 0.3 is 0 Å². The van der Waals surface area contributed by atoms with Crippen molar-refractivity contribution < 1.29 is 9.53 Å². The van der Waals surface area contributed by atoms with Crippen LogP contribution in [0.4, 0.5) is 0 Å². The monoisotopic (exact) mass is 316 g/mol. The van der Waals surface area contributed by atoms with E-state index in [0.717, 1.165) is 43.9 Å². The number of morpholine rings is 1. The van der Waals surface area contributed by atoms with Gasteiger partial charge in [0.15, 0.2) is 0 Å². The zero-order valence-corrected chi connectivity index (χ0v) is 13.6. The van der Waals surface area contributed by atoms with Crippen LogP contribution in [0, 0.1) is 5.92 Å². The number of nitrogens with one attached hydrogen (secondary N) is 1. The summed E-state index contributed by atoms with van der Waals surface area (Å²) in [5, 5.41) is 3.03. The first-order valence-corrected chi connectivity index (χ1v) is 8.19. The molecule has 0 aliphatic carbocycles. The van der Waals surface area contributed by atoms with Gasteiger partial charge in [0.25, 0.3) is 0 Å². The highest BCUT2D eigenvalue weighted by atomic mass is 16.5. The lowest BCUT2D eigenvalue weighted by Gasteiger charge is -2.29. The molecule has 124 valence electrons. The van der Waals surface area contributed by atoms with Crippen molar-refractivity contribution in [3.8, 4) is 0 Å². The summed E-state index contributed by atoms with van der Waals surface area (Å²) in [5.74, 6) is 0.457. The Kier molecular flexibility index (Phi) is 5.25. The lowest BCUT2D eigenvalue weighted by Crippen LogP contribution is -2.41. The molecule has 1 unspecified atom stereocenters. The van der Waals surface area contributed by atoms with Gasteiger partial charge in [0.05, 0.1) is 30.6 Å². The Morgan fingerprint density at radius 1 is 1.35 bits per heavy atom. The average Bonchev–Trinajstić information content (AvgIpc) is 2.97. The number of rotatable bonds is 6. The minimum atomic E-state index is 0.0296. The molecule has 3 rings (SSSR count). The van der Waals surface area contributed by atoms with Crippen LogP contribution < -0.4 is 5.32 Å². The number of imidazole rings is 1. The normalized spacial score (nSPS) is 17.3. The Labute approximate surface area is 136 Å². The minimum absolute atomic E-state index is 0.0296. The van der Waals surface area contributed by atoms with Gasteiger partial charge < -0.3 is 14.6 Å². The molecular formula is C17H24N4O2. The summed E-state index contributed by atoms with van der Waals surface area (Å²) < 4.78 is 7.24. The number of carbonyl (C=O) groups is 1. The lowest BCUT2D eigenvalue weighted by atomic mass is 10.1. The number of carbonyl (C=O) groups excluding carboxylic acids is 1. The Bertz CT molecular complexity index is 649. The molecule has 1 atom stereocenters. The molecule has 0 saturated carbocycles. The summed E-state index contributed by atoms with van der Waals surface area (Å²) in [6, 6.07) is 7.85. The Morgan fingerprint density at radius 3 is 2.96 bits per heavy atom. The molecular weight excluding hydrogens is 292 g/mol. The van der Waals surface area contributed by atoms with E-state index in [1.807, 2.05) is 28.8 Å². The van der Waals surface area contributed by atoms with E-state index in [4.69, 9.17) is 4.74 Å². The van der Waals surface area contributed by atoms with Crippen LogP contribution in [0.25, 0.3) is 11.0 Å². The standard InChI is InChI=1S/C17H24N4O2/c1-14(11-20-6-8-23-9-7-20)10-18-17(22)12-21-13-19-15-4-2-3-5-16(15)21/h2-5,13-14H,6-12H2,1H3,(H,18,22). The molecule has 2 aromatic rings. The number of aromatic nitrogens is 2. The molecule has 1 fully saturated rings. The van der Waals surface area contributed by atoms with Crippen molar-refractivity contribution >= 4 is 16.9 Å². The fourth-order valence-electron chi connectivity index (χ4n) is 2.92. The van der Waals surface area contributed by atoms with Gasteiger partial charge in [-0.1, -0.05) is 19.1 Å². The zero-order valence-electron chi connectivity index (χ0n) is 13.6. The highest BCUT2D eigenvalue weighted by molar-refractivity contribution is 5.80. The quantitative estimate of drug-likeness (QED) is 0.868. The second-order valence-corrected chi connectivity index (χ2v) is 6.18. The lowest BCUT2D eigenvalue weighted by molar-refractivity contribution is -0.121. The van der Waals surface area contributed by atoms with Gasteiger partial charge in [-0.25, -0.2) is 4.98 Å². The van der Waals surface area contributed by atoms with E-state index >= 15 is 0 Å². The van der Waals surface area contributed by atoms with Gasteiger partial charge in [-0.3, -0.25) is 9.69 Å². The van der Waals surface area contributed by atoms with Crippen LogP contribution in [-0.2, 0) is 16.1 Å². The Morgan fingerprint density at radius 2 is 2.13 bits per heavy atom. The van der Waals surface area contributed by atoms with Gasteiger partial charge in [-0.2, -0.15) is 0 Å². The van der Waals surface area contributed by atoms with Crippen molar-refractivity contribution in [2.24, 2.45) is 5.92 Å². The van der Waals surface area contributed by atoms with E-state index in [9.17, 15) is 4.79 Å². The van der Waals surface area contributed by atoms with Crippen LogP contribution in [0.3, 0.4) is 0 Å². The first kappa shape index (κ1) is 16.0. The van der Waals surface area contributed by atoms with E-state index in [-0.39, 0.29) is 5.91 Å². The number of para-hydroxylation sites is 2. The fourth-order valence-corrected chi connectivity index (χ4v) is 2.92. The molecule has 1 amide bonds. The maximum atomic E-state index is 12.2. The van der Waals surface area contributed by atoms with Crippen LogP contribution in [0.2, 0.25) is 0 Å². The van der Waals surface area contributed by atoms with Crippen molar-refractivity contribution in [3.05, 3.63) is 30.6 Å². The summed E-state index contributed by atoms with van der Waals surface area (Å²) >= 11 is 0. The molecule has 1 aromatic heterocycles. The number of amides is 1. The summed E-state index contributed by atoms with van der Waals surface area (Å²) in [7, 11) is 0. The Balaban J connectivity index is 1.45. The first-order valence-electron chi connectivity index (χ1n) is 8.19. The topological polar surface area (TPSA) is 59.4 Å². The van der Waals surface area contributed by atoms with Crippen molar-refractivity contribution in [1.29, 1.82) is 0 Å². The SMILES string of the molecule is CC(CNC(=O)Cn1cnc2ccccc21)CN1CCOCC1. The van der Waals surface area contributed by atoms with Crippen LogP contribution >= 0.6 is 0 Å². The molecule has 0 bridgehead atoms. The van der Waals surface area contributed by atoms with Gasteiger partial charge in [0, 0.05) is 26.2 Å². The molecule has 1 aromatic carbocycles. The number of ether oxygens (including phenoxy) is 1. The van der Waals surface area contributed by atoms with E-state index in [1.54, 1.807) is 6.33 Å². The fraction of sp³-hybridized carbons (Fsp3) is 0.529. The first-order chi connectivity index (χ1) is 11.2. The van der Waals surface area contributed by atoms with Crippen LogP contribution in [0.1, 0.15) is 6.92 Å². The van der Waals surface area contributed by atoms with Gasteiger partial charge in [-0.05, 0) is 18.1 Å². The number of nitrogens with zero attached hydrogens (tertiary/aromatic N) is 3. The largest absolute Gasteiger partial charge is 0.379 e. The maximum absolute atomic E-state index is 12.2. The maximum Gasteiger partial charge on any atom is 0.240 e. The predicted molar refractivity (Wildman–Crippen MR) is 89.2 cm³/mol.